The Morgan fingerprint density at radius 1 is 0.854 bits per heavy atom. The monoisotopic (exact) mass is 580 g/mol. The minimum absolute atomic E-state index is 0.184. The van der Waals surface area contributed by atoms with Crippen LogP contribution in [0.5, 0.6) is 0 Å². The molecule has 0 bridgehead atoms. The summed E-state index contributed by atoms with van der Waals surface area (Å²) in [6, 6.07) is 26.0. The smallest absolute Gasteiger partial charge is 0.266 e. The third-order valence-corrected chi connectivity index (χ3v) is 9.17. The van der Waals surface area contributed by atoms with Gasteiger partial charge in [-0.15, -0.1) is 5.10 Å². The molecule has 0 saturated heterocycles. The van der Waals surface area contributed by atoms with Crippen molar-refractivity contribution in [3.63, 3.8) is 0 Å². The van der Waals surface area contributed by atoms with E-state index in [2.05, 4.69) is 10.1 Å². The topological polar surface area (TPSA) is 102 Å². The normalized spacial score (nSPS) is 12.7. The average molecular weight is 581 g/mol. The summed E-state index contributed by atoms with van der Waals surface area (Å²) in [6.45, 7) is 0. The highest BCUT2D eigenvalue weighted by atomic mass is 32.2. The highest BCUT2D eigenvalue weighted by molar-refractivity contribution is 7.89. The van der Waals surface area contributed by atoms with E-state index in [0.29, 0.717) is 32.1 Å². The number of sulfonamides is 1. The molecular weight excluding hydrogens is 557 g/mol. The third-order valence-electron chi connectivity index (χ3n) is 6.38. The first-order valence-electron chi connectivity index (χ1n) is 12.6. The van der Waals surface area contributed by atoms with Crippen molar-refractivity contribution in [2.45, 2.75) is 4.90 Å². The van der Waals surface area contributed by atoms with Gasteiger partial charge in [0.2, 0.25) is 15.0 Å². The Kier molecular flexibility index (Phi) is 6.91. The van der Waals surface area contributed by atoms with E-state index in [1.165, 1.54) is 34.3 Å². The molecule has 0 aliphatic carbocycles. The molecule has 3 aromatic heterocycles. The molecule has 3 aromatic carbocycles. The van der Waals surface area contributed by atoms with Gasteiger partial charge in [0.15, 0.2) is 5.82 Å². The molecule has 204 valence electrons. The first-order chi connectivity index (χ1) is 19.8. The molecule has 6 rings (SSSR count). The fraction of sp³-hybridized carbons (Fsp3) is 0.0667. The van der Waals surface area contributed by atoms with E-state index in [4.69, 9.17) is 5.10 Å². The molecule has 6 aromatic rings. The highest BCUT2D eigenvalue weighted by Gasteiger charge is 2.18. The predicted molar refractivity (Wildman–Crippen MR) is 161 cm³/mol. The number of rotatable bonds is 7. The van der Waals surface area contributed by atoms with Gasteiger partial charge < -0.3 is 0 Å². The number of thiazole rings is 1. The summed E-state index contributed by atoms with van der Waals surface area (Å²) in [4.78, 5) is 18.5. The van der Waals surface area contributed by atoms with E-state index < -0.39 is 10.0 Å². The van der Waals surface area contributed by atoms with Crippen LogP contribution in [0.1, 0.15) is 17.0 Å². The fourth-order valence-corrected chi connectivity index (χ4v) is 6.03. The standard InChI is InChI=1S/C30H24N6O3S2/c1-34(2)41(38,39)25-16-14-22(15-17-25)28-23(20-35(33-28)24-11-7-4-8-12-24)19-26-29(37)36-30(40-26)31-27(32-36)18-13-21-9-5-3-6-10-21/h3-20H,1-2H3/b18-13+,26-19-. The zero-order valence-corrected chi connectivity index (χ0v) is 23.7. The SMILES string of the molecule is CN(C)S(=O)(=O)c1ccc(-c2nn(-c3ccccc3)cc2/C=c2\sc3nc(/C=C/c4ccccc4)nn3c2=O)cc1. The molecule has 11 heteroatoms. The molecule has 0 aliphatic heterocycles. The molecule has 0 N–H and O–H groups in total. The van der Waals surface area contributed by atoms with Crippen molar-refractivity contribution in [2.75, 3.05) is 14.1 Å². The van der Waals surface area contributed by atoms with Crippen molar-refractivity contribution in [2.24, 2.45) is 0 Å². The quantitative estimate of drug-likeness (QED) is 0.283. The van der Waals surface area contributed by atoms with Crippen LogP contribution < -0.4 is 10.1 Å². The van der Waals surface area contributed by atoms with Crippen LogP contribution in [0.25, 0.3) is 40.1 Å². The molecule has 0 atom stereocenters. The first kappa shape index (κ1) is 26.5. The van der Waals surface area contributed by atoms with Crippen molar-refractivity contribution < 1.29 is 8.42 Å². The van der Waals surface area contributed by atoms with Crippen molar-refractivity contribution in [3.05, 3.63) is 123 Å². The van der Waals surface area contributed by atoms with Gasteiger partial charge in [-0.2, -0.15) is 14.6 Å². The lowest BCUT2D eigenvalue weighted by Crippen LogP contribution is -2.23. The molecule has 0 spiro atoms. The lowest BCUT2D eigenvalue weighted by atomic mass is 10.1. The number of hydrogen-bond donors (Lipinski definition) is 0. The number of hydrogen-bond acceptors (Lipinski definition) is 7. The molecular formula is C30H24N6O3S2. The van der Waals surface area contributed by atoms with Crippen molar-refractivity contribution in [3.8, 4) is 16.9 Å². The predicted octanol–water partition coefficient (Wildman–Crippen LogP) is 3.97. The summed E-state index contributed by atoms with van der Waals surface area (Å²) >= 11 is 1.24. The van der Waals surface area contributed by atoms with Gasteiger partial charge in [-0.1, -0.05) is 78.1 Å². The Balaban J connectivity index is 1.42. The van der Waals surface area contributed by atoms with Gasteiger partial charge in [0.05, 0.1) is 20.8 Å². The summed E-state index contributed by atoms with van der Waals surface area (Å²) in [5.74, 6) is 0.453. The van der Waals surface area contributed by atoms with Crippen molar-refractivity contribution in [1.29, 1.82) is 0 Å². The van der Waals surface area contributed by atoms with Gasteiger partial charge in [0.1, 0.15) is 0 Å². The second-order valence-corrected chi connectivity index (χ2v) is 12.5. The molecule has 9 nitrogen and oxygen atoms in total. The van der Waals surface area contributed by atoms with E-state index in [0.717, 1.165) is 11.3 Å². The van der Waals surface area contributed by atoms with E-state index >= 15 is 0 Å². The first-order valence-corrected chi connectivity index (χ1v) is 14.9. The van der Waals surface area contributed by atoms with Crippen LogP contribution in [-0.2, 0) is 10.0 Å². The zero-order valence-electron chi connectivity index (χ0n) is 22.1. The van der Waals surface area contributed by atoms with E-state index in [1.807, 2.05) is 72.9 Å². The number of benzene rings is 3. The van der Waals surface area contributed by atoms with Gasteiger partial charge in [-0.05, 0) is 42.0 Å². The summed E-state index contributed by atoms with van der Waals surface area (Å²) in [6.07, 6.45) is 7.30. The largest absolute Gasteiger partial charge is 0.291 e. The summed E-state index contributed by atoms with van der Waals surface area (Å²) in [5.41, 5.74) is 3.60. The highest BCUT2D eigenvalue weighted by Crippen LogP contribution is 2.26. The molecule has 0 aliphatic rings. The van der Waals surface area contributed by atoms with E-state index in [1.54, 1.807) is 41.1 Å². The van der Waals surface area contributed by atoms with Crippen molar-refractivity contribution in [1.82, 2.24) is 28.7 Å². The number of para-hydroxylation sites is 1. The van der Waals surface area contributed by atoms with Crippen LogP contribution in [0.3, 0.4) is 0 Å². The maximum absolute atomic E-state index is 13.3. The Labute approximate surface area is 240 Å². The molecule has 0 radical (unpaired) electrons. The second-order valence-electron chi connectivity index (χ2n) is 9.35. The summed E-state index contributed by atoms with van der Waals surface area (Å²) < 4.78 is 29.8. The lowest BCUT2D eigenvalue weighted by Gasteiger charge is -2.11. The van der Waals surface area contributed by atoms with Crippen LogP contribution in [0.4, 0.5) is 0 Å². The van der Waals surface area contributed by atoms with E-state index in [-0.39, 0.29) is 10.5 Å². The average Bonchev–Trinajstić information content (AvgIpc) is 3.67. The number of nitrogens with zero attached hydrogens (tertiary/aromatic N) is 6. The molecule has 0 amide bonds. The van der Waals surface area contributed by atoms with Crippen LogP contribution in [0.2, 0.25) is 0 Å². The molecule has 0 fully saturated rings. The Bertz CT molecular complexity index is 2100. The molecule has 41 heavy (non-hydrogen) atoms. The fourth-order valence-electron chi connectivity index (χ4n) is 4.22. The van der Waals surface area contributed by atoms with Crippen LogP contribution in [0, 0.1) is 0 Å². The minimum atomic E-state index is -3.57. The zero-order chi connectivity index (χ0) is 28.6. The third kappa shape index (κ3) is 5.25. The van der Waals surface area contributed by atoms with Crippen LogP contribution in [-0.4, -0.2) is 51.2 Å². The van der Waals surface area contributed by atoms with Gasteiger partial charge in [-0.3, -0.25) is 4.79 Å². The molecule has 0 unspecified atom stereocenters. The van der Waals surface area contributed by atoms with Crippen LogP contribution in [0.15, 0.2) is 101 Å². The number of fused-ring (bicyclic) bond motifs is 1. The maximum atomic E-state index is 13.3. The lowest BCUT2D eigenvalue weighted by molar-refractivity contribution is 0.521. The van der Waals surface area contributed by atoms with Gasteiger partial charge in [0.25, 0.3) is 5.56 Å². The van der Waals surface area contributed by atoms with Crippen molar-refractivity contribution >= 4 is 44.5 Å². The Morgan fingerprint density at radius 2 is 1.54 bits per heavy atom. The minimum Gasteiger partial charge on any atom is -0.266 e. The van der Waals surface area contributed by atoms with Gasteiger partial charge >= 0.3 is 0 Å². The van der Waals surface area contributed by atoms with Gasteiger partial charge in [-0.25, -0.2) is 17.4 Å². The Morgan fingerprint density at radius 3 is 2.20 bits per heavy atom. The molecule has 3 heterocycles. The van der Waals surface area contributed by atoms with Gasteiger partial charge in [0, 0.05) is 31.4 Å². The Hall–Kier alpha value is -4.71. The number of aromatic nitrogens is 5. The van der Waals surface area contributed by atoms with E-state index in [9.17, 15) is 13.2 Å². The molecule has 0 saturated carbocycles. The summed E-state index contributed by atoms with van der Waals surface area (Å²) in [7, 11) is -0.584. The second kappa shape index (κ2) is 10.7. The van der Waals surface area contributed by atoms with Crippen LogP contribution >= 0.6 is 11.3 Å². The summed E-state index contributed by atoms with van der Waals surface area (Å²) in [5, 5.41) is 9.18. The maximum Gasteiger partial charge on any atom is 0.291 e.